The molecule has 184 valence electrons. The molecule has 0 bridgehead atoms. The average Bonchev–Trinajstić information content (AvgIpc) is 3.15. The van der Waals surface area contributed by atoms with E-state index in [0.29, 0.717) is 18.1 Å². The molecule has 1 saturated carbocycles. The third-order valence-corrected chi connectivity index (χ3v) is 6.61. The number of nitrogens with zero attached hydrogens (tertiary/aromatic N) is 4. The molecule has 1 aliphatic heterocycles. The van der Waals surface area contributed by atoms with Gasteiger partial charge in [0.1, 0.15) is 11.4 Å². The number of hydrogen-bond acceptors (Lipinski definition) is 6. The molecule has 3 aromatic rings. The summed E-state index contributed by atoms with van der Waals surface area (Å²) in [5.74, 6) is 1.09. The SMILES string of the molecule is CC(C)(C)OC(=O)N1Cc2cc(Cl)cnc2-c2c(C3CCC(Oc4cccnc4)CC3)n[nH]c2C1. The van der Waals surface area contributed by atoms with Crippen LogP contribution >= 0.6 is 11.6 Å². The van der Waals surface area contributed by atoms with Crippen molar-refractivity contribution >= 4 is 17.7 Å². The number of carbonyl (C=O) groups excluding carboxylic acids is 1. The summed E-state index contributed by atoms with van der Waals surface area (Å²) in [5, 5.41) is 8.48. The number of hydrogen-bond donors (Lipinski definition) is 1. The largest absolute Gasteiger partial charge is 0.489 e. The van der Waals surface area contributed by atoms with E-state index in [-0.39, 0.29) is 18.1 Å². The van der Waals surface area contributed by atoms with Crippen LogP contribution in [0.15, 0.2) is 36.8 Å². The highest BCUT2D eigenvalue weighted by Crippen LogP contribution is 2.42. The number of rotatable bonds is 3. The molecular weight excluding hydrogens is 466 g/mol. The van der Waals surface area contributed by atoms with Crippen LogP contribution in [0.1, 0.15) is 69.3 Å². The number of H-pyrrole nitrogens is 1. The summed E-state index contributed by atoms with van der Waals surface area (Å²) < 4.78 is 11.8. The lowest BCUT2D eigenvalue weighted by Gasteiger charge is -2.28. The maximum atomic E-state index is 13.0. The van der Waals surface area contributed by atoms with Crippen LogP contribution in [0.4, 0.5) is 4.79 Å². The van der Waals surface area contributed by atoms with Crippen molar-refractivity contribution in [2.75, 3.05) is 0 Å². The highest BCUT2D eigenvalue weighted by atomic mass is 35.5. The molecule has 9 heteroatoms. The van der Waals surface area contributed by atoms with Crippen molar-refractivity contribution in [1.29, 1.82) is 0 Å². The van der Waals surface area contributed by atoms with Gasteiger partial charge in [0.05, 0.1) is 47.5 Å². The highest BCUT2D eigenvalue weighted by molar-refractivity contribution is 6.30. The lowest BCUT2D eigenvalue weighted by Crippen LogP contribution is -2.35. The number of aromatic nitrogens is 4. The van der Waals surface area contributed by atoms with E-state index in [9.17, 15) is 4.79 Å². The molecule has 4 heterocycles. The van der Waals surface area contributed by atoms with E-state index in [4.69, 9.17) is 26.2 Å². The average molecular weight is 496 g/mol. The first-order chi connectivity index (χ1) is 16.8. The first kappa shape index (κ1) is 23.6. The Labute approximate surface area is 210 Å². The normalized spacial score (nSPS) is 19.9. The summed E-state index contributed by atoms with van der Waals surface area (Å²) in [6, 6.07) is 5.71. The van der Waals surface area contributed by atoms with E-state index in [0.717, 1.165) is 59.6 Å². The fourth-order valence-electron chi connectivity index (χ4n) is 4.87. The van der Waals surface area contributed by atoms with Gasteiger partial charge in [-0.25, -0.2) is 4.79 Å². The molecule has 1 amide bonds. The van der Waals surface area contributed by atoms with E-state index in [2.05, 4.69) is 15.1 Å². The second kappa shape index (κ2) is 9.49. The zero-order valence-corrected chi connectivity index (χ0v) is 21.0. The van der Waals surface area contributed by atoms with Crippen molar-refractivity contribution in [3.8, 4) is 17.0 Å². The van der Waals surface area contributed by atoms with Gasteiger partial charge >= 0.3 is 6.09 Å². The number of carbonyl (C=O) groups is 1. The number of amides is 1. The van der Waals surface area contributed by atoms with E-state index in [1.807, 2.05) is 39.0 Å². The number of aromatic amines is 1. The predicted molar refractivity (Wildman–Crippen MR) is 132 cm³/mol. The molecule has 2 aliphatic rings. The third-order valence-electron chi connectivity index (χ3n) is 6.40. The number of ether oxygens (including phenoxy) is 2. The van der Waals surface area contributed by atoms with Crippen molar-refractivity contribution in [1.82, 2.24) is 25.1 Å². The number of nitrogens with one attached hydrogen (secondary N) is 1. The van der Waals surface area contributed by atoms with Crippen LogP contribution in [-0.2, 0) is 17.8 Å². The molecule has 8 nitrogen and oxygen atoms in total. The molecule has 0 spiro atoms. The fraction of sp³-hybridized carbons (Fsp3) is 0.462. The zero-order valence-electron chi connectivity index (χ0n) is 20.3. The van der Waals surface area contributed by atoms with Crippen molar-refractivity contribution < 1.29 is 14.3 Å². The van der Waals surface area contributed by atoms with E-state index in [1.165, 1.54) is 0 Å². The standard InChI is InChI=1S/C26H30ClN5O3/c1-26(2,3)35-25(33)32-14-17-11-18(27)12-29-23(17)22-21(15-32)30-31-24(22)16-6-8-19(9-7-16)34-20-5-4-10-28-13-20/h4-5,10-13,16,19H,6-9,14-15H2,1-3H3,(H,30,31). The first-order valence-electron chi connectivity index (χ1n) is 12.0. The molecule has 0 radical (unpaired) electrons. The maximum absolute atomic E-state index is 13.0. The smallest absolute Gasteiger partial charge is 0.410 e. The van der Waals surface area contributed by atoms with Crippen LogP contribution in [0.2, 0.25) is 5.02 Å². The minimum Gasteiger partial charge on any atom is -0.489 e. The Morgan fingerprint density at radius 1 is 1.17 bits per heavy atom. The van der Waals surface area contributed by atoms with Gasteiger partial charge in [0, 0.05) is 23.9 Å². The molecule has 1 aliphatic carbocycles. The van der Waals surface area contributed by atoms with Gasteiger partial charge in [0.2, 0.25) is 0 Å². The molecule has 35 heavy (non-hydrogen) atoms. The fourth-order valence-corrected chi connectivity index (χ4v) is 5.05. The van der Waals surface area contributed by atoms with Crippen LogP contribution in [0.3, 0.4) is 0 Å². The molecule has 5 rings (SSSR count). The van der Waals surface area contributed by atoms with Gasteiger partial charge in [-0.1, -0.05) is 11.6 Å². The minimum absolute atomic E-state index is 0.167. The van der Waals surface area contributed by atoms with Gasteiger partial charge < -0.3 is 9.47 Å². The molecule has 0 unspecified atom stereocenters. The molecule has 0 saturated heterocycles. The van der Waals surface area contributed by atoms with Crippen LogP contribution in [0.5, 0.6) is 5.75 Å². The number of fused-ring (bicyclic) bond motifs is 3. The van der Waals surface area contributed by atoms with Gasteiger partial charge in [0.15, 0.2) is 0 Å². The Morgan fingerprint density at radius 3 is 2.69 bits per heavy atom. The second-order valence-corrected chi connectivity index (χ2v) is 10.7. The monoisotopic (exact) mass is 495 g/mol. The van der Waals surface area contributed by atoms with Gasteiger partial charge in [-0.2, -0.15) is 5.10 Å². The Morgan fingerprint density at radius 2 is 1.97 bits per heavy atom. The van der Waals surface area contributed by atoms with Crippen molar-refractivity contribution in [2.45, 2.75) is 77.2 Å². The van der Waals surface area contributed by atoms with Crippen LogP contribution in [-0.4, -0.2) is 42.9 Å². The van der Waals surface area contributed by atoms with Crippen molar-refractivity contribution in [2.24, 2.45) is 0 Å². The van der Waals surface area contributed by atoms with Gasteiger partial charge in [-0.05, 0) is 70.2 Å². The second-order valence-electron chi connectivity index (χ2n) is 10.2. The quantitative estimate of drug-likeness (QED) is 0.488. The Kier molecular flexibility index (Phi) is 6.40. The predicted octanol–water partition coefficient (Wildman–Crippen LogP) is 5.88. The highest BCUT2D eigenvalue weighted by Gasteiger charge is 2.34. The van der Waals surface area contributed by atoms with Gasteiger partial charge in [-0.3, -0.25) is 20.0 Å². The molecular formula is C26H30ClN5O3. The summed E-state index contributed by atoms with van der Waals surface area (Å²) in [4.78, 5) is 23.5. The van der Waals surface area contributed by atoms with Crippen molar-refractivity contribution in [3.63, 3.8) is 0 Å². The molecule has 1 fully saturated rings. The van der Waals surface area contributed by atoms with Crippen LogP contribution in [0, 0.1) is 0 Å². The molecule has 0 atom stereocenters. The lowest BCUT2D eigenvalue weighted by molar-refractivity contribution is 0.0216. The Hall–Kier alpha value is -3.13. The molecule has 0 aromatic carbocycles. The van der Waals surface area contributed by atoms with E-state index in [1.54, 1.807) is 23.5 Å². The van der Waals surface area contributed by atoms with E-state index >= 15 is 0 Å². The van der Waals surface area contributed by atoms with Crippen LogP contribution < -0.4 is 4.74 Å². The van der Waals surface area contributed by atoms with Crippen molar-refractivity contribution in [3.05, 3.63) is 58.8 Å². The topological polar surface area (TPSA) is 93.2 Å². The first-order valence-corrected chi connectivity index (χ1v) is 12.4. The number of halogens is 1. The van der Waals surface area contributed by atoms with Crippen LogP contribution in [0.25, 0.3) is 11.3 Å². The summed E-state index contributed by atoms with van der Waals surface area (Å²) in [6.07, 6.45) is 8.74. The minimum atomic E-state index is -0.586. The number of pyridine rings is 2. The summed E-state index contributed by atoms with van der Waals surface area (Å²) in [5.41, 5.74) is 3.98. The Balaban J connectivity index is 1.40. The summed E-state index contributed by atoms with van der Waals surface area (Å²) in [6.45, 7) is 6.33. The van der Waals surface area contributed by atoms with E-state index < -0.39 is 5.60 Å². The Bertz CT molecular complexity index is 1200. The summed E-state index contributed by atoms with van der Waals surface area (Å²) >= 11 is 6.30. The third kappa shape index (κ3) is 5.27. The maximum Gasteiger partial charge on any atom is 0.410 e. The lowest BCUT2D eigenvalue weighted by atomic mass is 9.83. The molecule has 3 aromatic heterocycles. The van der Waals surface area contributed by atoms with Gasteiger partial charge in [-0.15, -0.1) is 0 Å². The summed E-state index contributed by atoms with van der Waals surface area (Å²) in [7, 11) is 0. The zero-order chi connectivity index (χ0) is 24.6. The molecule has 1 N–H and O–H groups in total. The van der Waals surface area contributed by atoms with Gasteiger partial charge in [0.25, 0.3) is 0 Å².